The number of methoxy groups -OCH3 is 1. The minimum absolute atomic E-state index is 0.0394. The fourth-order valence-electron chi connectivity index (χ4n) is 2.16. The minimum Gasteiger partial charge on any atom is -0.493 e. The van der Waals surface area contributed by atoms with Crippen molar-refractivity contribution < 1.29 is 23.5 Å². The Labute approximate surface area is 167 Å². The van der Waals surface area contributed by atoms with E-state index in [2.05, 4.69) is 10.9 Å². The van der Waals surface area contributed by atoms with Crippen molar-refractivity contribution in [3.63, 3.8) is 0 Å². The summed E-state index contributed by atoms with van der Waals surface area (Å²) in [5, 5.41) is 0. The van der Waals surface area contributed by atoms with Crippen molar-refractivity contribution in [2.75, 3.05) is 19.5 Å². The maximum atomic E-state index is 13.5. The molecule has 0 unspecified atom stereocenters. The van der Waals surface area contributed by atoms with Gasteiger partial charge in [0.2, 0.25) is 5.91 Å². The van der Waals surface area contributed by atoms with Crippen LogP contribution < -0.4 is 20.3 Å². The van der Waals surface area contributed by atoms with E-state index in [0.29, 0.717) is 16.4 Å². The van der Waals surface area contributed by atoms with Crippen molar-refractivity contribution in [2.24, 2.45) is 0 Å². The molecular weight excluding hydrogens is 383 g/mol. The van der Waals surface area contributed by atoms with Gasteiger partial charge in [-0.15, -0.1) is 11.8 Å². The van der Waals surface area contributed by atoms with Gasteiger partial charge in [-0.1, -0.05) is 30.4 Å². The number of allylic oxidation sites excluding steroid dienone is 1. The van der Waals surface area contributed by atoms with E-state index in [1.54, 1.807) is 30.3 Å². The van der Waals surface area contributed by atoms with Gasteiger partial charge in [0, 0.05) is 4.90 Å². The molecule has 0 spiro atoms. The molecule has 0 aliphatic carbocycles. The molecule has 0 bridgehead atoms. The highest BCUT2D eigenvalue weighted by atomic mass is 32.2. The summed E-state index contributed by atoms with van der Waals surface area (Å²) in [6, 6.07) is 11.5. The van der Waals surface area contributed by atoms with Crippen molar-refractivity contribution >= 4 is 29.7 Å². The zero-order valence-electron chi connectivity index (χ0n) is 15.5. The van der Waals surface area contributed by atoms with Crippen molar-refractivity contribution in [1.29, 1.82) is 0 Å². The molecule has 0 heterocycles. The van der Waals surface area contributed by atoms with Crippen LogP contribution in [0.3, 0.4) is 0 Å². The summed E-state index contributed by atoms with van der Waals surface area (Å²) in [5.41, 5.74) is 5.45. The number of thioether (sulfide) groups is 1. The Morgan fingerprint density at radius 1 is 1.11 bits per heavy atom. The van der Waals surface area contributed by atoms with Gasteiger partial charge in [-0.2, -0.15) is 0 Å². The van der Waals surface area contributed by atoms with Crippen LogP contribution in [-0.4, -0.2) is 31.3 Å². The van der Waals surface area contributed by atoms with E-state index < -0.39 is 17.6 Å². The third-order valence-electron chi connectivity index (χ3n) is 3.44. The summed E-state index contributed by atoms with van der Waals surface area (Å²) in [7, 11) is 1.51. The van der Waals surface area contributed by atoms with Crippen LogP contribution in [0.2, 0.25) is 0 Å². The zero-order valence-corrected chi connectivity index (χ0v) is 16.3. The monoisotopic (exact) mass is 404 g/mol. The molecule has 8 heteroatoms. The summed E-state index contributed by atoms with van der Waals surface area (Å²) in [4.78, 5) is 24.0. The zero-order chi connectivity index (χ0) is 20.4. The predicted octanol–water partition coefficient (Wildman–Crippen LogP) is 3.19. The van der Waals surface area contributed by atoms with E-state index in [4.69, 9.17) is 9.47 Å². The van der Waals surface area contributed by atoms with E-state index in [0.717, 1.165) is 17.3 Å². The van der Waals surface area contributed by atoms with E-state index >= 15 is 0 Å². The molecule has 6 nitrogen and oxygen atoms in total. The summed E-state index contributed by atoms with van der Waals surface area (Å²) >= 11 is 1.04. The minimum atomic E-state index is -0.538. The largest absolute Gasteiger partial charge is 0.493 e. The lowest BCUT2D eigenvalue weighted by molar-refractivity contribution is -0.128. The Balaban J connectivity index is 1.76. The molecule has 0 saturated carbocycles. The molecule has 2 rings (SSSR count). The standard InChI is InChI=1S/C20H21FN2O4S/c1-3-6-14-9-10-16(17(11-14)26-2)27-12-19(24)22-23-20(25)13-28-18-8-5-4-7-15(18)21/h3-11H,12-13H2,1-2H3,(H,22,24)(H,23,25)/b6-3+. The van der Waals surface area contributed by atoms with Crippen molar-refractivity contribution in [3.8, 4) is 11.5 Å². The highest BCUT2D eigenvalue weighted by molar-refractivity contribution is 8.00. The average molecular weight is 404 g/mol. The smallest absolute Gasteiger partial charge is 0.276 e. The first-order valence-corrected chi connectivity index (χ1v) is 9.40. The number of rotatable bonds is 8. The van der Waals surface area contributed by atoms with Gasteiger partial charge in [0.25, 0.3) is 5.91 Å². The Bertz CT molecular complexity index is 858. The third kappa shape index (κ3) is 6.62. The summed E-state index contributed by atoms with van der Waals surface area (Å²) in [6.07, 6.45) is 3.81. The Kier molecular flexibility index (Phi) is 8.36. The number of halogens is 1. The number of benzene rings is 2. The number of hydrazine groups is 1. The van der Waals surface area contributed by atoms with Crippen LogP contribution >= 0.6 is 11.8 Å². The molecule has 0 aliphatic rings. The first kappa shape index (κ1) is 21.3. The van der Waals surface area contributed by atoms with E-state index in [1.807, 2.05) is 25.1 Å². The molecule has 0 saturated heterocycles. The van der Waals surface area contributed by atoms with Crippen LogP contribution in [0.1, 0.15) is 12.5 Å². The second kappa shape index (κ2) is 11.0. The molecule has 28 heavy (non-hydrogen) atoms. The predicted molar refractivity (Wildman–Crippen MR) is 107 cm³/mol. The number of nitrogens with one attached hydrogen (secondary N) is 2. The summed E-state index contributed by atoms with van der Waals surface area (Å²) in [6.45, 7) is 1.60. The van der Waals surface area contributed by atoms with Crippen LogP contribution in [0.25, 0.3) is 6.08 Å². The number of amides is 2. The molecule has 2 aromatic rings. The molecule has 2 amide bonds. The maximum Gasteiger partial charge on any atom is 0.276 e. The fourth-order valence-corrected chi connectivity index (χ4v) is 2.90. The SMILES string of the molecule is C/C=C/c1ccc(OCC(=O)NNC(=O)CSc2ccccc2F)c(OC)c1. The molecule has 148 valence electrons. The Morgan fingerprint density at radius 3 is 2.57 bits per heavy atom. The second-order valence-corrected chi connectivity index (χ2v) is 6.53. The topological polar surface area (TPSA) is 76.7 Å². The highest BCUT2D eigenvalue weighted by Gasteiger charge is 2.10. The number of hydrogen-bond donors (Lipinski definition) is 2. The van der Waals surface area contributed by atoms with Gasteiger partial charge < -0.3 is 9.47 Å². The maximum absolute atomic E-state index is 13.5. The van der Waals surface area contributed by atoms with Crippen LogP contribution in [0.15, 0.2) is 53.4 Å². The van der Waals surface area contributed by atoms with Crippen LogP contribution in [0, 0.1) is 5.82 Å². The van der Waals surface area contributed by atoms with E-state index in [1.165, 1.54) is 13.2 Å². The van der Waals surface area contributed by atoms with Crippen LogP contribution in [0.5, 0.6) is 11.5 Å². The van der Waals surface area contributed by atoms with Crippen molar-refractivity contribution in [3.05, 3.63) is 59.9 Å². The van der Waals surface area contributed by atoms with Gasteiger partial charge in [0.1, 0.15) is 5.82 Å². The van der Waals surface area contributed by atoms with Gasteiger partial charge in [-0.25, -0.2) is 4.39 Å². The number of ether oxygens (including phenoxy) is 2. The first-order valence-electron chi connectivity index (χ1n) is 8.42. The van der Waals surface area contributed by atoms with Crippen molar-refractivity contribution in [2.45, 2.75) is 11.8 Å². The fraction of sp³-hybridized carbons (Fsp3) is 0.200. The van der Waals surface area contributed by atoms with Gasteiger partial charge >= 0.3 is 0 Å². The molecule has 0 atom stereocenters. The lowest BCUT2D eigenvalue weighted by Gasteiger charge is -2.12. The van der Waals surface area contributed by atoms with Crippen molar-refractivity contribution in [1.82, 2.24) is 10.9 Å². The molecule has 0 fully saturated rings. The molecule has 2 aromatic carbocycles. The summed E-state index contributed by atoms with van der Waals surface area (Å²) in [5.74, 6) is -0.533. The Morgan fingerprint density at radius 2 is 1.86 bits per heavy atom. The van der Waals surface area contributed by atoms with Crippen LogP contribution in [0.4, 0.5) is 4.39 Å². The van der Waals surface area contributed by atoms with Gasteiger partial charge in [-0.05, 0) is 36.8 Å². The normalized spacial score (nSPS) is 10.5. The Hall–Kier alpha value is -3.00. The number of hydrogen-bond acceptors (Lipinski definition) is 5. The lowest BCUT2D eigenvalue weighted by atomic mass is 10.2. The van der Waals surface area contributed by atoms with Gasteiger partial charge in [0.05, 0.1) is 12.9 Å². The quantitative estimate of drug-likeness (QED) is 0.522. The third-order valence-corrected chi connectivity index (χ3v) is 4.49. The van der Waals surface area contributed by atoms with E-state index in [9.17, 15) is 14.0 Å². The molecule has 0 aliphatic heterocycles. The molecule has 0 radical (unpaired) electrons. The highest BCUT2D eigenvalue weighted by Crippen LogP contribution is 2.28. The number of carbonyl (C=O) groups is 2. The van der Waals surface area contributed by atoms with E-state index in [-0.39, 0.29) is 12.4 Å². The average Bonchev–Trinajstić information content (AvgIpc) is 2.70. The molecule has 2 N–H and O–H groups in total. The summed E-state index contributed by atoms with van der Waals surface area (Å²) < 4.78 is 24.2. The lowest BCUT2D eigenvalue weighted by Crippen LogP contribution is -2.44. The number of carbonyl (C=O) groups excluding carboxylic acids is 2. The van der Waals surface area contributed by atoms with Gasteiger partial charge in [0.15, 0.2) is 18.1 Å². The molecule has 0 aromatic heterocycles. The van der Waals surface area contributed by atoms with Gasteiger partial charge in [-0.3, -0.25) is 20.4 Å². The first-order chi connectivity index (χ1) is 13.5. The second-order valence-electron chi connectivity index (χ2n) is 5.51. The molecular formula is C20H21FN2O4S. The van der Waals surface area contributed by atoms with Crippen LogP contribution in [-0.2, 0) is 9.59 Å².